The van der Waals surface area contributed by atoms with Crippen LogP contribution in [0, 0.1) is 17.9 Å². The Balaban J connectivity index is 1.95. The van der Waals surface area contributed by atoms with Gasteiger partial charge in [-0.05, 0) is 70.8 Å². The van der Waals surface area contributed by atoms with Crippen LogP contribution < -0.4 is 9.47 Å². The van der Waals surface area contributed by atoms with Gasteiger partial charge in [-0.3, -0.25) is 4.85 Å². The van der Waals surface area contributed by atoms with E-state index in [0.29, 0.717) is 0 Å². The van der Waals surface area contributed by atoms with Gasteiger partial charge in [0.25, 0.3) is 0 Å². The first-order valence-corrected chi connectivity index (χ1v) is 9.42. The van der Waals surface area contributed by atoms with E-state index in [2.05, 4.69) is 23.0 Å². The highest BCUT2D eigenvalue weighted by atomic mass is 32.2. The van der Waals surface area contributed by atoms with Crippen molar-refractivity contribution in [3.63, 3.8) is 0 Å². The molecule has 0 unspecified atom stereocenters. The first-order chi connectivity index (χ1) is 13.6. The molecule has 28 heavy (non-hydrogen) atoms. The molecule has 5 heteroatoms. The molecule has 0 saturated heterocycles. The molecule has 4 rings (SSSR count). The van der Waals surface area contributed by atoms with Gasteiger partial charge in [-0.15, -0.1) is 0 Å². The normalized spacial score (nSPS) is 19.3. The first kappa shape index (κ1) is 18.0. The number of rotatable bonds is 2. The summed E-state index contributed by atoms with van der Waals surface area (Å²) in [6, 6.07) is 14.1. The van der Waals surface area contributed by atoms with Crippen LogP contribution in [-0.2, 0) is 0 Å². The number of benzene rings is 2. The Bertz CT molecular complexity index is 1060. The molecule has 0 N–H and O–H groups in total. The molecule has 0 spiro atoms. The number of methoxy groups -OCH3 is 2. The number of allylic oxidation sites excluding steroid dienone is 3. The molecule has 4 nitrogen and oxygen atoms in total. The summed E-state index contributed by atoms with van der Waals surface area (Å²) in [4.78, 5) is 5.65. The van der Waals surface area contributed by atoms with Crippen molar-refractivity contribution in [2.24, 2.45) is 0 Å². The number of nitrogens with zero attached hydrogens (tertiary/aromatic N) is 2. The Hall–Kier alpha value is -3.41. The number of nitriles is 1. The van der Waals surface area contributed by atoms with Crippen molar-refractivity contribution < 1.29 is 9.47 Å². The van der Waals surface area contributed by atoms with E-state index >= 15 is 0 Å². The van der Waals surface area contributed by atoms with E-state index in [1.807, 2.05) is 36.4 Å². The summed E-state index contributed by atoms with van der Waals surface area (Å²) in [6.45, 7) is 7.33. The maximum Gasteiger partial charge on any atom is 0.353 e. The van der Waals surface area contributed by atoms with Gasteiger partial charge in [0.05, 0.1) is 14.2 Å². The molecule has 0 bridgehead atoms. The molecule has 0 amide bonds. The summed E-state index contributed by atoms with van der Waals surface area (Å²) in [5.74, 6) is 1.60. The van der Waals surface area contributed by atoms with Crippen LogP contribution in [0.15, 0.2) is 76.1 Å². The van der Waals surface area contributed by atoms with Gasteiger partial charge in [-0.25, -0.2) is 6.57 Å². The Kier molecular flexibility index (Phi) is 4.47. The summed E-state index contributed by atoms with van der Waals surface area (Å²) >= 11 is 1.67. The third-order valence-electron chi connectivity index (χ3n) is 4.82. The molecule has 136 valence electrons. The average Bonchev–Trinajstić information content (AvgIpc) is 2.76. The van der Waals surface area contributed by atoms with Crippen molar-refractivity contribution in [2.75, 3.05) is 14.2 Å². The largest absolute Gasteiger partial charge is 0.497 e. The maximum atomic E-state index is 9.36. The number of hydrogen-bond donors (Lipinski definition) is 0. The van der Waals surface area contributed by atoms with E-state index in [9.17, 15) is 5.26 Å². The highest BCUT2D eigenvalue weighted by molar-refractivity contribution is 7.99. The quantitative estimate of drug-likeness (QED) is 0.564. The van der Waals surface area contributed by atoms with Gasteiger partial charge in [-0.1, -0.05) is 11.8 Å². The average molecular weight is 384 g/mol. The van der Waals surface area contributed by atoms with Crippen LogP contribution >= 0.6 is 11.8 Å². The minimum atomic E-state index is -1.22. The molecular weight excluding hydrogens is 368 g/mol. The molecule has 0 fully saturated rings. The fourth-order valence-electron chi connectivity index (χ4n) is 3.30. The smallest absolute Gasteiger partial charge is 0.353 e. The van der Waals surface area contributed by atoms with Crippen LogP contribution in [0.2, 0.25) is 0 Å². The fraction of sp³-hybridized carbons (Fsp3) is 0.130. The zero-order valence-corrected chi connectivity index (χ0v) is 16.2. The molecule has 2 aromatic rings. The first-order valence-electron chi connectivity index (χ1n) is 8.60. The van der Waals surface area contributed by atoms with E-state index in [4.69, 9.17) is 16.0 Å². The van der Waals surface area contributed by atoms with Gasteiger partial charge in [0.1, 0.15) is 11.5 Å². The summed E-state index contributed by atoms with van der Waals surface area (Å²) in [5, 5.41) is 9.36. The maximum absolute atomic E-state index is 9.36. The molecule has 2 aromatic carbocycles. The highest BCUT2D eigenvalue weighted by Gasteiger charge is 2.33. The van der Waals surface area contributed by atoms with Crippen molar-refractivity contribution in [3.05, 3.63) is 88.8 Å². The molecule has 1 heterocycles. The van der Waals surface area contributed by atoms with Gasteiger partial charge in [0, 0.05) is 21.9 Å². The van der Waals surface area contributed by atoms with Gasteiger partial charge < -0.3 is 9.47 Å². The number of hydrogen-bond acceptors (Lipinski definition) is 4. The molecule has 1 aliphatic carbocycles. The Morgan fingerprint density at radius 2 is 1.50 bits per heavy atom. The van der Waals surface area contributed by atoms with Gasteiger partial charge in [-0.2, -0.15) is 5.26 Å². The third kappa shape index (κ3) is 2.87. The Labute approximate surface area is 168 Å². The number of fused-ring (bicyclic) bond motifs is 2. The van der Waals surface area contributed by atoms with Crippen molar-refractivity contribution in [3.8, 4) is 17.6 Å². The lowest BCUT2D eigenvalue weighted by Crippen LogP contribution is -2.17. The molecule has 1 aliphatic heterocycles. The van der Waals surface area contributed by atoms with Crippen molar-refractivity contribution in [1.82, 2.24) is 0 Å². The summed E-state index contributed by atoms with van der Waals surface area (Å²) < 4.78 is 10.8. The van der Waals surface area contributed by atoms with Crippen LogP contribution in [0.5, 0.6) is 11.5 Å². The topological polar surface area (TPSA) is 46.6 Å². The minimum Gasteiger partial charge on any atom is -0.497 e. The standard InChI is InChI=1S/C23H16N2O2S/c1-25-23(14-24)10-8-15(9-11-23)22-18-6-4-16(26-2)12-20(18)28-21-13-17(27-3)5-7-19(21)22/h4-13H,2-3H3. The predicted molar refractivity (Wildman–Crippen MR) is 109 cm³/mol. The summed E-state index contributed by atoms with van der Waals surface area (Å²) in [5.41, 5.74) is 3.00. The molecule has 2 aliphatic rings. The Morgan fingerprint density at radius 3 is 1.93 bits per heavy atom. The Morgan fingerprint density at radius 1 is 0.964 bits per heavy atom. The lowest BCUT2D eigenvalue weighted by molar-refractivity contribution is 0.413. The zero-order chi connectivity index (χ0) is 19.7. The lowest BCUT2D eigenvalue weighted by atomic mass is 9.87. The monoisotopic (exact) mass is 384 g/mol. The van der Waals surface area contributed by atoms with E-state index < -0.39 is 5.54 Å². The van der Waals surface area contributed by atoms with E-state index in [1.54, 1.807) is 38.1 Å². The lowest BCUT2D eigenvalue weighted by Gasteiger charge is -2.25. The van der Waals surface area contributed by atoms with Crippen molar-refractivity contribution in [2.45, 2.75) is 15.3 Å². The SMILES string of the molecule is [C-]#[N+]C1(C#N)C=CC(=C2c3ccc(OC)cc3Sc3cc(OC)ccc32)C=C1. The van der Waals surface area contributed by atoms with Gasteiger partial charge >= 0.3 is 5.54 Å². The molecule has 0 radical (unpaired) electrons. The van der Waals surface area contributed by atoms with Crippen LogP contribution in [0.3, 0.4) is 0 Å². The minimum absolute atomic E-state index is 0.799. The van der Waals surface area contributed by atoms with Crippen LogP contribution in [0.4, 0.5) is 0 Å². The molecule has 0 atom stereocenters. The van der Waals surface area contributed by atoms with Crippen molar-refractivity contribution >= 4 is 17.3 Å². The van der Waals surface area contributed by atoms with Gasteiger partial charge in [0.2, 0.25) is 0 Å². The summed E-state index contributed by atoms with van der Waals surface area (Å²) in [7, 11) is 3.31. The van der Waals surface area contributed by atoms with Crippen LogP contribution in [-0.4, -0.2) is 19.8 Å². The van der Waals surface area contributed by atoms with E-state index in [0.717, 1.165) is 43.6 Å². The third-order valence-corrected chi connectivity index (χ3v) is 5.94. The van der Waals surface area contributed by atoms with Gasteiger partial charge in [0.15, 0.2) is 6.07 Å². The highest BCUT2D eigenvalue weighted by Crippen LogP contribution is 2.49. The molecular formula is C23H16N2O2S. The van der Waals surface area contributed by atoms with E-state index in [-0.39, 0.29) is 0 Å². The van der Waals surface area contributed by atoms with Crippen LogP contribution in [0.1, 0.15) is 11.1 Å². The van der Waals surface area contributed by atoms with E-state index in [1.165, 1.54) is 0 Å². The zero-order valence-electron chi connectivity index (χ0n) is 15.4. The number of ether oxygens (including phenoxy) is 2. The van der Waals surface area contributed by atoms with Crippen molar-refractivity contribution in [1.29, 1.82) is 5.26 Å². The predicted octanol–water partition coefficient (Wildman–Crippen LogP) is 5.28. The fourth-order valence-corrected chi connectivity index (χ4v) is 4.45. The van der Waals surface area contributed by atoms with Crippen LogP contribution in [0.25, 0.3) is 10.4 Å². The second-order valence-corrected chi connectivity index (χ2v) is 7.46. The summed E-state index contributed by atoms with van der Waals surface area (Å²) in [6.07, 6.45) is 7.07. The second-order valence-electron chi connectivity index (χ2n) is 6.37. The molecule has 0 aromatic heterocycles. The molecule has 0 saturated carbocycles. The second kappa shape index (κ2) is 6.96.